The van der Waals surface area contributed by atoms with Crippen LogP contribution in [0.15, 0.2) is 18.2 Å². The van der Waals surface area contributed by atoms with E-state index in [1.54, 1.807) is 26.0 Å². The number of nitrogens with zero attached hydrogens (tertiary/aromatic N) is 1. The minimum atomic E-state index is -0.471. The number of carbonyl (C=O) groups excluding carboxylic acids is 2. The molecule has 0 bridgehead atoms. The highest BCUT2D eigenvalue weighted by atomic mass is 19.1. The maximum absolute atomic E-state index is 13.9. The third-order valence-corrected chi connectivity index (χ3v) is 4.54. The molecule has 0 aliphatic heterocycles. The third-order valence-electron chi connectivity index (χ3n) is 4.54. The van der Waals surface area contributed by atoms with Crippen LogP contribution < -0.4 is 4.74 Å². The monoisotopic (exact) mass is 376 g/mol. The molecule has 1 N–H and O–H groups in total. The fraction of sp³-hybridized carbons (Fsp3) is 0.400. The normalized spacial score (nSPS) is 10.9. The number of likely N-dealkylation sites (N-methyl/N-ethyl adjacent to an activating group) is 1. The van der Waals surface area contributed by atoms with Crippen molar-refractivity contribution >= 4 is 11.8 Å². The van der Waals surface area contributed by atoms with Crippen molar-refractivity contribution in [2.75, 3.05) is 27.3 Å². The zero-order chi connectivity index (χ0) is 20.1. The number of aromatic nitrogens is 1. The molecule has 7 heteroatoms. The SMILES string of the molecule is CCN(CC(=O)c1[nH]c(C)c(C(=O)OC)c1C)Cc1ccc(OC)c(F)c1. The van der Waals surface area contributed by atoms with Gasteiger partial charge in [0.05, 0.1) is 32.0 Å². The Kier molecular flexibility index (Phi) is 6.74. The molecule has 0 fully saturated rings. The summed E-state index contributed by atoms with van der Waals surface area (Å²) in [4.78, 5) is 29.5. The minimum absolute atomic E-state index is 0.137. The van der Waals surface area contributed by atoms with E-state index in [0.29, 0.717) is 35.6 Å². The zero-order valence-corrected chi connectivity index (χ0v) is 16.3. The second-order valence-electron chi connectivity index (χ2n) is 6.31. The minimum Gasteiger partial charge on any atom is -0.494 e. The van der Waals surface area contributed by atoms with Crippen molar-refractivity contribution in [3.05, 3.63) is 52.1 Å². The van der Waals surface area contributed by atoms with Crippen molar-refractivity contribution in [2.45, 2.75) is 27.3 Å². The number of nitrogens with one attached hydrogen (secondary N) is 1. The average molecular weight is 376 g/mol. The summed E-state index contributed by atoms with van der Waals surface area (Å²) in [6.45, 7) is 6.56. The van der Waals surface area contributed by atoms with Gasteiger partial charge in [0, 0.05) is 12.2 Å². The Bertz CT molecular complexity index is 845. The van der Waals surface area contributed by atoms with Gasteiger partial charge in [0.25, 0.3) is 0 Å². The van der Waals surface area contributed by atoms with Gasteiger partial charge in [-0.05, 0) is 43.7 Å². The van der Waals surface area contributed by atoms with Crippen LogP contribution in [-0.4, -0.2) is 48.9 Å². The molecule has 0 saturated carbocycles. The number of aryl methyl sites for hydroxylation is 1. The summed E-state index contributed by atoms with van der Waals surface area (Å²) in [5.74, 6) is -0.857. The first-order chi connectivity index (χ1) is 12.8. The first kappa shape index (κ1) is 20.6. The van der Waals surface area contributed by atoms with Crippen LogP contribution in [0.2, 0.25) is 0 Å². The standard InChI is InChI=1S/C20H25FN2O4/c1-6-23(10-14-7-8-17(26-4)15(21)9-14)11-16(24)19-12(2)18(13(3)22-19)20(25)27-5/h7-9,22H,6,10-11H2,1-5H3. The van der Waals surface area contributed by atoms with E-state index < -0.39 is 11.8 Å². The molecule has 27 heavy (non-hydrogen) atoms. The van der Waals surface area contributed by atoms with Gasteiger partial charge in [-0.25, -0.2) is 9.18 Å². The number of ketones is 1. The predicted octanol–water partition coefficient (Wildman–Crippen LogP) is 3.27. The van der Waals surface area contributed by atoms with Gasteiger partial charge in [-0.3, -0.25) is 9.69 Å². The third kappa shape index (κ3) is 4.54. The largest absolute Gasteiger partial charge is 0.494 e. The van der Waals surface area contributed by atoms with Crippen LogP contribution in [0.25, 0.3) is 0 Å². The van der Waals surface area contributed by atoms with E-state index >= 15 is 0 Å². The quantitative estimate of drug-likeness (QED) is 0.566. The Hall–Kier alpha value is -2.67. The maximum atomic E-state index is 13.9. The molecular weight excluding hydrogens is 351 g/mol. The van der Waals surface area contributed by atoms with E-state index in [1.165, 1.54) is 20.3 Å². The summed E-state index contributed by atoms with van der Waals surface area (Å²) in [6.07, 6.45) is 0. The van der Waals surface area contributed by atoms with Gasteiger partial charge in [-0.1, -0.05) is 13.0 Å². The Labute approximate surface area is 158 Å². The van der Waals surface area contributed by atoms with Crippen molar-refractivity contribution in [3.63, 3.8) is 0 Å². The number of halogens is 1. The molecule has 1 aromatic heterocycles. The number of methoxy groups -OCH3 is 2. The molecule has 0 saturated heterocycles. The zero-order valence-electron chi connectivity index (χ0n) is 16.3. The molecule has 1 heterocycles. The highest BCUT2D eigenvalue weighted by Gasteiger charge is 2.23. The van der Waals surface area contributed by atoms with Crippen LogP contribution in [0, 0.1) is 19.7 Å². The van der Waals surface area contributed by atoms with Crippen molar-refractivity contribution in [1.29, 1.82) is 0 Å². The van der Waals surface area contributed by atoms with Gasteiger partial charge in [-0.15, -0.1) is 0 Å². The van der Waals surface area contributed by atoms with Gasteiger partial charge in [0.1, 0.15) is 0 Å². The average Bonchev–Trinajstić information content (AvgIpc) is 2.95. The summed E-state index contributed by atoms with van der Waals surface area (Å²) in [5, 5.41) is 0. The number of hydrogen-bond acceptors (Lipinski definition) is 5. The highest BCUT2D eigenvalue weighted by molar-refractivity contribution is 6.02. The molecule has 0 radical (unpaired) electrons. The Morgan fingerprint density at radius 3 is 2.48 bits per heavy atom. The molecule has 2 aromatic rings. The maximum Gasteiger partial charge on any atom is 0.339 e. The van der Waals surface area contributed by atoms with Gasteiger partial charge in [0.15, 0.2) is 17.3 Å². The summed E-state index contributed by atoms with van der Waals surface area (Å²) in [5.41, 5.74) is 2.71. The van der Waals surface area contributed by atoms with Crippen LogP contribution in [0.1, 0.15) is 44.6 Å². The number of esters is 1. The smallest absolute Gasteiger partial charge is 0.339 e. The van der Waals surface area contributed by atoms with Crippen molar-refractivity contribution < 1.29 is 23.5 Å². The van der Waals surface area contributed by atoms with Crippen LogP contribution in [-0.2, 0) is 11.3 Å². The molecule has 0 aliphatic rings. The first-order valence-corrected chi connectivity index (χ1v) is 8.67. The number of Topliss-reactive ketones (excluding diaryl/α,β-unsaturated/α-hetero) is 1. The lowest BCUT2D eigenvalue weighted by Crippen LogP contribution is -2.30. The lowest BCUT2D eigenvalue weighted by Gasteiger charge is -2.20. The molecule has 0 amide bonds. The molecule has 0 atom stereocenters. The van der Waals surface area contributed by atoms with Crippen LogP contribution in [0.3, 0.4) is 0 Å². The van der Waals surface area contributed by atoms with Gasteiger partial charge in [0.2, 0.25) is 0 Å². The topological polar surface area (TPSA) is 71.6 Å². The van der Waals surface area contributed by atoms with Gasteiger partial charge < -0.3 is 14.5 Å². The van der Waals surface area contributed by atoms with Crippen molar-refractivity contribution in [1.82, 2.24) is 9.88 Å². The molecule has 146 valence electrons. The highest BCUT2D eigenvalue weighted by Crippen LogP contribution is 2.21. The molecule has 0 unspecified atom stereocenters. The van der Waals surface area contributed by atoms with E-state index in [4.69, 9.17) is 9.47 Å². The predicted molar refractivity (Wildman–Crippen MR) is 99.8 cm³/mol. The number of ether oxygens (including phenoxy) is 2. The van der Waals surface area contributed by atoms with Crippen molar-refractivity contribution in [2.24, 2.45) is 0 Å². The number of H-pyrrole nitrogens is 1. The lowest BCUT2D eigenvalue weighted by atomic mass is 10.1. The summed E-state index contributed by atoms with van der Waals surface area (Å²) in [7, 11) is 2.72. The van der Waals surface area contributed by atoms with Gasteiger partial charge in [-0.2, -0.15) is 0 Å². The Morgan fingerprint density at radius 1 is 1.22 bits per heavy atom. The molecule has 0 spiro atoms. The second-order valence-corrected chi connectivity index (χ2v) is 6.31. The first-order valence-electron chi connectivity index (χ1n) is 8.67. The van der Waals surface area contributed by atoms with E-state index in [0.717, 1.165) is 5.56 Å². The molecule has 1 aromatic carbocycles. The molecular formula is C20H25FN2O4. The van der Waals surface area contributed by atoms with E-state index in [2.05, 4.69) is 4.98 Å². The lowest BCUT2D eigenvalue weighted by molar-refractivity contribution is 0.0599. The fourth-order valence-electron chi connectivity index (χ4n) is 3.07. The van der Waals surface area contributed by atoms with Crippen LogP contribution >= 0.6 is 0 Å². The Morgan fingerprint density at radius 2 is 1.93 bits per heavy atom. The number of rotatable bonds is 8. The second kappa shape index (κ2) is 8.81. The van der Waals surface area contributed by atoms with Crippen LogP contribution in [0.5, 0.6) is 5.75 Å². The number of carbonyl (C=O) groups is 2. The van der Waals surface area contributed by atoms with E-state index in [1.807, 2.05) is 11.8 Å². The Balaban J connectivity index is 2.16. The van der Waals surface area contributed by atoms with Crippen molar-refractivity contribution in [3.8, 4) is 5.75 Å². The summed E-state index contributed by atoms with van der Waals surface area (Å²) in [6, 6.07) is 4.75. The molecule has 2 rings (SSSR count). The number of benzene rings is 1. The fourth-order valence-corrected chi connectivity index (χ4v) is 3.07. The summed E-state index contributed by atoms with van der Waals surface area (Å²) >= 11 is 0. The summed E-state index contributed by atoms with van der Waals surface area (Å²) < 4.78 is 23.6. The molecule has 0 aliphatic carbocycles. The van der Waals surface area contributed by atoms with E-state index in [9.17, 15) is 14.0 Å². The van der Waals surface area contributed by atoms with Crippen LogP contribution in [0.4, 0.5) is 4.39 Å². The van der Waals surface area contributed by atoms with Gasteiger partial charge >= 0.3 is 5.97 Å². The molecule has 6 nitrogen and oxygen atoms in total. The number of hydrogen-bond donors (Lipinski definition) is 1. The number of aromatic amines is 1. The van der Waals surface area contributed by atoms with E-state index in [-0.39, 0.29) is 18.1 Å².